The maximum absolute atomic E-state index is 12.0. The Kier molecular flexibility index (Phi) is 4.07. The second-order valence-corrected chi connectivity index (χ2v) is 5.16. The Labute approximate surface area is 112 Å². The van der Waals surface area contributed by atoms with E-state index in [1.54, 1.807) is 19.3 Å². The van der Waals surface area contributed by atoms with Crippen LogP contribution in [-0.2, 0) is 0 Å². The highest BCUT2D eigenvalue weighted by Crippen LogP contribution is 2.29. The third kappa shape index (κ3) is 2.75. The molecule has 0 radical (unpaired) electrons. The molecule has 1 unspecified atom stereocenters. The molecule has 0 saturated heterocycles. The van der Waals surface area contributed by atoms with Gasteiger partial charge in [0.2, 0.25) is 0 Å². The van der Waals surface area contributed by atoms with Gasteiger partial charge in [-0.3, -0.25) is 4.79 Å². The van der Waals surface area contributed by atoms with Crippen molar-refractivity contribution in [2.75, 3.05) is 12.4 Å². The Morgan fingerprint density at radius 1 is 1.56 bits per heavy atom. The number of anilines is 1. The Morgan fingerprint density at radius 2 is 2.28 bits per heavy atom. The van der Waals surface area contributed by atoms with Crippen molar-refractivity contribution < 1.29 is 4.79 Å². The summed E-state index contributed by atoms with van der Waals surface area (Å²) in [5, 5.41) is 6.33. The molecular formula is C13H18ClN3O. The van der Waals surface area contributed by atoms with Crippen molar-refractivity contribution in [1.29, 1.82) is 0 Å². The molecule has 2 rings (SSSR count). The summed E-state index contributed by atoms with van der Waals surface area (Å²) in [6.07, 6.45) is 5.23. The van der Waals surface area contributed by atoms with Crippen LogP contribution in [0.2, 0.25) is 5.02 Å². The number of halogens is 1. The van der Waals surface area contributed by atoms with E-state index in [1.165, 1.54) is 19.3 Å². The third-order valence-electron chi connectivity index (χ3n) is 3.56. The van der Waals surface area contributed by atoms with Crippen LogP contribution in [0.15, 0.2) is 12.3 Å². The van der Waals surface area contributed by atoms with E-state index in [-0.39, 0.29) is 11.9 Å². The molecule has 4 nitrogen and oxygen atoms in total. The van der Waals surface area contributed by atoms with Crippen LogP contribution in [0.3, 0.4) is 0 Å². The van der Waals surface area contributed by atoms with E-state index in [9.17, 15) is 4.79 Å². The van der Waals surface area contributed by atoms with Gasteiger partial charge in [-0.1, -0.05) is 18.0 Å². The lowest BCUT2D eigenvalue weighted by Gasteiger charge is -2.31. The standard InChI is InChI=1S/C13H18ClN3O/c1-8(9-4-3-5-9)17-13(18)10-6-11(14)12(15-2)16-7-10/h6-9H,3-5H2,1-2H3,(H,15,16)(H,17,18). The summed E-state index contributed by atoms with van der Waals surface area (Å²) in [5.41, 5.74) is 0.505. The summed E-state index contributed by atoms with van der Waals surface area (Å²) in [5.74, 6) is 1.10. The second-order valence-electron chi connectivity index (χ2n) is 4.76. The van der Waals surface area contributed by atoms with Gasteiger partial charge in [0.1, 0.15) is 5.82 Å². The van der Waals surface area contributed by atoms with Gasteiger partial charge in [0.15, 0.2) is 0 Å². The van der Waals surface area contributed by atoms with Crippen LogP contribution in [0.1, 0.15) is 36.5 Å². The van der Waals surface area contributed by atoms with E-state index in [2.05, 4.69) is 22.5 Å². The van der Waals surface area contributed by atoms with E-state index in [0.717, 1.165) is 0 Å². The molecule has 0 aliphatic heterocycles. The summed E-state index contributed by atoms with van der Waals surface area (Å²) in [7, 11) is 1.74. The molecule has 1 fully saturated rings. The number of amides is 1. The van der Waals surface area contributed by atoms with Crippen molar-refractivity contribution >= 4 is 23.3 Å². The second kappa shape index (κ2) is 5.57. The van der Waals surface area contributed by atoms with Gasteiger partial charge in [-0.15, -0.1) is 0 Å². The zero-order valence-corrected chi connectivity index (χ0v) is 11.4. The maximum Gasteiger partial charge on any atom is 0.253 e. The van der Waals surface area contributed by atoms with Crippen molar-refractivity contribution in [2.24, 2.45) is 5.92 Å². The molecule has 0 aromatic carbocycles. The Bertz CT molecular complexity index is 446. The van der Waals surface area contributed by atoms with Crippen molar-refractivity contribution in [3.8, 4) is 0 Å². The molecule has 1 amide bonds. The average Bonchev–Trinajstić information content (AvgIpc) is 2.26. The summed E-state index contributed by atoms with van der Waals surface area (Å²) >= 11 is 6.01. The van der Waals surface area contributed by atoms with E-state index < -0.39 is 0 Å². The highest BCUT2D eigenvalue weighted by molar-refractivity contribution is 6.33. The maximum atomic E-state index is 12.0. The molecule has 18 heavy (non-hydrogen) atoms. The predicted molar refractivity (Wildman–Crippen MR) is 73.1 cm³/mol. The van der Waals surface area contributed by atoms with Gasteiger partial charge in [-0.2, -0.15) is 0 Å². The van der Waals surface area contributed by atoms with Gasteiger partial charge in [0.05, 0.1) is 10.6 Å². The molecule has 98 valence electrons. The fourth-order valence-corrected chi connectivity index (χ4v) is 2.35. The highest BCUT2D eigenvalue weighted by Gasteiger charge is 2.25. The zero-order valence-electron chi connectivity index (χ0n) is 10.7. The summed E-state index contributed by atoms with van der Waals surface area (Å²) in [6.45, 7) is 2.05. The first-order valence-electron chi connectivity index (χ1n) is 6.26. The molecule has 1 atom stereocenters. The minimum absolute atomic E-state index is 0.105. The highest BCUT2D eigenvalue weighted by atomic mass is 35.5. The van der Waals surface area contributed by atoms with Crippen molar-refractivity contribution in [1.82, 2.24) is 10.3 Å². The van der Waals surface area contributed by atoms with Crippen LogP contribution >= 0.6 is 11.6 Å². The summed E-state index contributed by atoms with van der Waals surface area (Å²) < 4.78 is 0. The fraction of sp³-hybridized carbons (Fsp3) is 0.538. The van der Waals surface area contributed by atoms with Crippen LogP contribution in [-0.4, -0.2) is 24.0 Å². The molecule has 1 saturated carbocycles. The van der Waals surface area contributed by atoms with Crippen LogP contribution in [0.5, 0.6) is 0 Å². The molecule has 1 heterocycles. The van der Waals surface area contributed by atoms with E-state index in [1.807, 2.05) is 0 Å². The number of nitrogens with zero attached hydrogens (tertiary/aromatic N) is 1. The molecule has 1 aromatic heterocycles. The number of carbonyl (C=O) groups is 1. The number of carbonyl (C=O) groups excluding carboxylic acids is 1. The number of rotatable bonds is 4. The molecule has 1 aliphatic carbocycles. The predicted octanol–water partition coefficient (Wildman–Crippen LogP) is 2.70. The van der Waals surface area contributed by atoms with E-state index in [4.69, 9.17) is 11.6 Å². The third-order valence-corrected chi connectivity index (χ3v) is 3.84. The number of aromatic nitrogens is 1. The van der Waals surface area contributed by atoms with Crippen molar-refractivity contribution in [2.45, 2.75) is 32.2 Å². The zero-order chi connectivity index (χ0) is 13.1. The van der Waals surface area contributed by atoms with E-state index in [0.29, 0.717) is 22.3 Å². The van der Waals surface area contributed by atoms with Gasteiger partial charge >= 0.3 is 0 Å². The van der Waals surface area contributed by atoms with Gasteiger partial charge in [-0.25, -0.2) is 4.98 Å². The smallest absolute Gasteiger partial charge is 0.253 e. The molecule has 0 spiro atoms. The normalized spacial score (nSPS) is 16.8. The Balaban J connectivity index is 2.01. The number of pyridine rings is 1. The van der Waals surface area contributed by atoms with Crippen LogP contribution < -0.4 is 10.6 Å². The topological polar surface area (TPSA) is 54.0 Å². The van der Waals surface area contributed by atoms with Crippen LogP contribution in [0, 0.1) is 5.92 Å². The molecular weight excluding hydrogens is 250 g/mol. The van der Waals surface area contributed by atoms with Gasteiger partial charge in [-0.05, 0) is 31.7 Å². The summed E-state index contributed by atoms with van der Waals surface area (Å²) in [6, 6.07) is 1.86. The first kappa shape index (κ1) is 13.1. The van der Waals surface area contributed by atoms with Crippen molar-refractivity contribution in [3.63, 3.8) is 0 Å². The largest absolute Gasteiger partial charge is 0.372 e. The molecule has 5 heteroatoms. The Hall–Kier alpha value is -1.29. The lowest BCUT2D eigenvalue weighted by Crippen LogP contribution is -2.40. The fourth-order valence-electron chi connectivity index (χ4n) is 2.09. The minimum Gasteiger partial charge on any atom is -0.372 e. The van der Waals surface area contributed by atoms with E-state index >= 15 is 0 Å². The van der Waals surface area contributed by atoms with Crippen LogP contribution in [0.4, 0.5) is 5.82 Å². The summed E-state index contributed by atoms with van der Waals surface area (Å²) in [4.78, 5) is 16.1. The lowest BCUT2D eigenvalue weighted by molar-refractivity contribution is 0.0909. The molecule has 2 N–H and O–H groups in total. The van der Waals surface area contributed by atoms with Crippen molar-refractivity contribution in [3.05, 3.63) is 22.8 Å². The molecule has 0 bridgehead atoms. The van der Waals surface area contributed by atoms with Crippen LogP contribution in [0.25, 0.3) is 0 Å². The van der Waals surface area contributed by atoms with Gasteiger partial charge in [0.25, 0.3) is 5.91 Å². The first-order chi connectivity index (χ1) is 8.61. The minimum atomic E-state index is -0.105. The monoisotopic (exact) mass is 267 g/mol. The first-order valence-corrected chi connectivity index (χ1v) is 6.63. The number of nitrogens with one attached hydrogen (secondary N) is 2. The Morgan fingerprint density at radius 3 is 2.78 bits per heavy atom. The lowest BCUT2D eigenvalue weighted by atomic mass is 9.80. The van der Waals surface area contributed by atoms with Gasteiger partial charge < -0.3 is 10.6 Å². The molecule has 1 aromatic rings. The average molecular weight is 268 g/mol. The quantitative estimate of drug-likeness (QED) is 0.882. The molecule has 1 aliphatic rings. The number of hydrogen-bond donors (Lipinski definition) is 2. The SMILES string of the molecule is CNc1ncc(C(=O)NC(C)C2CCC2)cc1Cl. The number of hydrogen-bond acceptors (Lipinski definition) is 3. The van der Waals surface area contributed by atoms with Gasteiger partial charge in [0, 0.05) is 19.3 Å².